The molecule has 3 N–H and O–H groups in total. The predicted octanol–water partition coefficient (Wildman–Crippen LogP) is 3.31. The molecule has 0 bridgehead atoms. The Labute approximate surface area is 115 Å². The lowest BCUT2D eigenvalue weighted by molar-refractivity contribution is 0.133. The van der Waals surface area contributed by atoms with Gasteiger partial charge in [-0.1, -0.05) is 20.3 Å². The van der Waals surface area contributed by atoms with Crippen LogP contribution in [0.5, 0.6) is 0 Å². The summed E-state index contributed by atoms with van der Waals surface area (Å²) in [5.74, 6) is 0. The van der Waals surface area contributed by atoms with Gasteiger partial charge in [0.25, 0.3) is 0 Å². The molecule has 4 heteroatoms. The van der Waals surface area contributed by atoms with Crippen LogP contribution >= 0.6 is 0 Å². The molecule has 1 aliphatic heterocycles. The quantitative estimate of drug-likeness (QED) is 0.802. The summed E-state index contributed by atoms with van der Waals surface area (Å²) in [6.45, 7) is 6.21. The van der Waals surface area contributed by atoms with E-state index in [4.69, 9.17) is 5.73 Å². The molecule has 0 spiro atoms. The van der Waals surface area contributed by atoms with Gasteiger partial charge in [0.2, 0.25) is 0 Å². The molecule has 0 radical (unpaired) electrons. The van der Waals surface area contributed by atoms with Crippen molar-refractivity contribution in [3.8, 4) is 0 Å². The minimum Gasteiger partial charge on any atom is -0.399 e. The topological polar surface area (TPSA) is 58.4 Å². The van der Waals surface area contributed by atoms with Gasteiger partial charge in [0, 0.05) is 24.5 Å². The number of hydrogen-bond acceptors (Lipinski definition) is 2. The number of rotatable bonds is 2. The van der Waals surface area contributed by atoms with E-state index in [0.29, 0.717) is 11.1 Å². The zero-order valence-electron chi connectivity index (χ0n) is 11.8. The molecule has 1 aromatic carbocycles. The summed E-state index contributed by atoms with van der Waals surface area (Å²) in [7, 11) is 0. The Morgan fingerprint density at radius 1 is 1.32 bits per heavy atom. The molecule has 1 fully saturated rings. The largest absolute Gasteiger partial charge is 0.399 e. The average Bonchev–Trinajstić information content (AvgIpc) is 2.42. The summed E-state index contributed by atoms with van der Waals surface area (Å²) in [4.78, 5) is 14.0. The highest BCUT2D eigenvalue weighted by Gasteiger charge is 2.30. The summed E-state index contributed by atoms with van der Waals surface area (Å²) in [5.41, 5.74) is 7.52. The monoisotopic (exact) mass is 261 g/mol. The lowest BCUT2D eigenvalue weighted by atomic mass is 9.78. The van der Waals surface area contributed by atoms with E-state index >= 15 is 0 Å². The van der Waals surface area contributed by atoms with E-state index in [1.54, 1.807) is 12.1 Å². The van der Waals surface area contributed by atoms with Crippen molar-refractivity contribution in [2.24, 2.45) is 5.41 Å². The van der Waals surface area contributed by atoms with E-state index in [2.05, 4.69) is 19.2 Å². The molecule has 0 saturated carbocycles. The number of carbonyl (C=O) groups is 1. The van der Waals surface area contributed by atoms with Gasteiger partial charge >= 0.3 is 6.03 Å². The van der Waals surface area contributed by atoms with E-state index < -0.39 is 0 Å². The second-order valence-electron chi connectivity index (χ2n) is 5.70. The fourth-order valence-electron chi connectivity index (χ4n) is 2.37. The number of likely N-dealkylation sites (tertiary alicyclic amines) is 1. The number of piperidine rings is 1. The maximum absolute atomic E-state index is 12.1. The molecule has 0 aliphatic carbocycles. The van der Waals surface area contributed by atoms with Crippen LogP contribution in [0.2, 0.25) is 0 Å². The van der Waals surface area contributed by atoms with Crippen LogP contribution in [0.4, 0.5) is 16.2 Å². The Morgan fingerprint density at radius 2 is 1.89 bits per heavy atom. The van der Waals surface area contributed by atoms with Crippen molar-refractivity contribution >= 4 is 17.4 Å². The van der Waals surface area contributed by atoms with Gasteiger partial charge < -0.3 is 16.0 Å². The second-order valence-corrected chi connectivity index (χ2v) is 5.70. The third-order valence-electron chi connectivity index (χ3n) is 4.27. The molecule has 4 nitrogen and oxygen atoms in total. The number of nitrogens with two attached hydrogens (primary N) is 1. The Balaban J connectivity index is 1.89. The first kappa shape index (κ1) is 13.7. The van der Waals surface area contributed by atoms with Crippen molar-refractivity contribution in [1.82, 2.24) is 4.90 Å². The lowest BCUT2D eigenvalue weighted by Crippen LogP contribution is -2.43. The van der Waals surface area contributed by atoms with Gasteiger partial charge in [-0.05, 0) is 42.5 Å². The molecule has 1 aromatic rings. The van der Waals surface area contributed by atoms with Crippen LogP contribution in [0, 0.1) is 5.41 Å². The number of anilines is 2. The highest BCUT2D eigenvalue weighted by molar-refractivity contribution is 5.89. The smallest absolute Gasteiger partial charge is 0.321 e. The molecule has 0 unspecified atom stereocenters. The fraction of sp³-hybridized carbons (Fsp3) is 0.533. The van der Waals surface area contributed by atoms with Crippen LogP contribution in [0.1, 0.15) is 33.1 Å². The predicted molar refractivity (Wildman–Crippen MR) is 79.1 cm³/mol. The molecule has 104 valence electrons. The standard InChI is InChI=1S/C15H23N3O/c1-3-15(2)8-10-18(11-9-15)14(19)17-13-6-4-12(16)5-7-13/h4-7H,3,8-11,16H2,1-2H3,(H,17,19). The van der Waals surface area contributed by atoms with E-state index in [9.17, 15) is 4.79 Å². The van der Waals surface area contributed by atoms with Crippen LogP contribution in [-0.2, 0) is 0 Å². The summed E-state index contributed by atoms with van der Waals surface area (Å²) in [5, 5.41) is 2.92. The number of nitrogen functional groups attached to an aromatic ring is 1. The van der Waals surface area contributed by atoms with Crippen LogP contribution < -0.4 is 11.1 Å². The Hall–Kier alpha value is -1.71. The van der Waals surface area contributed by atoms with E-state index in [0.717, 1.165) is 31.6 Å². The highest BCUT2D eigenvalue weighted by Crippen LogP contribution is 2.34. The van der Waals surface area contributed by atoms with Gasteiger partial charge in [-0.25, -0.2) is 4.79 Å². The van der Waals surface area contributed by atoms with Crippen LogP contribution in [0.15, 0.2) is 24.3 Å². The van der Waals surface area contributed by atoms with Gasteiger partial charge in [-0.2, -0.15) is 0 Å². The third kappa shape index (κ3) is 3.40. The Bertz CT molecular complexity index is 433. The zero-order valence-corrected chi connectivity index (χ0v) is 11.8. The van der Waals surface area contributed by atoms with Crippen molar-refractivity contribution in [3.05, 3.63) is 24.3 Å². The number of nitrogens with zero attached hydrogens (tertiary/aromatic N) is 1. The normalized spacial score (nSPS) is 18.1. The SMILES string of the molecule is CCC1(C)CCN(C(=O)Nc2ccc(N)cc2)CC1. The van der Waals surface area contributed by atoms with Crippen molar-refractivity contribution in [2.45, 2.75) is 33.1 Å². The molecule has 1 saturated heterocycles. The van der Waals surface area contributed by atoms with E-state index in [1.807, 2.05) is 17.0 Å². The first-order chi connectivity index (χ1) is 9.02. The number of benzene rings is 1. The maximum Gasteiger partial charge on any atom is 0.321 e. The third-order valence-corrected chi connectivity index (χ3v) is 4.27. The fourth-order valence-corrected chi connectivity index (χ4v) is 2.37. The first-order valence-corrected chi connectivity index (χ1v) is 6.94. The van der Waals surface area contributed by atoms with Gasteiger partial charge in [-0.3, -0.25) is 0 Å². The second kappa shape index (κ2) is 5.51. The number of amides is 2. The lowest BCUT2D eigenvalue weighted by Gasteiger charge is -2.38. The molecule has 1 aliphatic rings. The summed E-state index contributed by atoms with van der Waals surface area (Å²) < 4.78 is 0. The van der Waals surface area contributed by atoms with Gasteiger partial charge in [-0.15, -0.1) is 0 Å². The van der Waals surface area contributed by atoms with Gasteiger partial charge in [0.15, 0.2) is 0 Å². The number of urea groups is 1. The van der Waals surface area contributed by atoms with Crippen molar-refractivity contribution in [2.75, 3.05) is 24.1 Å². The Kier molecular flexibility index (Phi) is 3.98. The average molecular weight is 261 g/mol. The van der Waals surface area contributed by atoms with E-state index in [-0.39, 0.29) is 6.03 Å². The van der Waals surface area contributed by atoms with Crippen LogP contribution in [0.25, 0.3) is 0 Å². The summed E-state index contributed by atoms with van der Waals surface area (Å²) in [6.07, 6.45) is 3.34. The van der Waals surface area contributed by atoms with E-state index in [1.165, 1.54) is 6.42 Å². The number of nitrogens with one attached hydrogen (secondary N) is 1. The van der Waals surface area contributed by atoms with Crippen molar-refractivity contribution < 1.29 is 4.79 Å². The van der Waals surface area contributed by atoms with Crippen molar-refractivity contribution in [1.29, 1.82) is 0 Å². The minimum atomic E-state index is -0.0112. The first-order valence-electron chi connectivity index (χ1n) is 6.94. The minimum absolute atomic E-state index is 0.0112. The maximum atomic E-state index is 12.1. The molecule has 19 heavy (non-hydrogen) atoms. The molecule has 2 rings (SSSR count). The van der Waals surface area contributed by atoms with Crippen LogP contribution in [0.3, 0.4) is 0 Å². The molecule has 2 amide bonds. The Morgan fingerprint density at radius 3 is 2.42 bits per heavy atom. The van der Waals surface area contributed by atoms with Gasteiger partial charge in [0.05, 0.1) is 0 Å². The molecule has 1 heterocycles. The summed E-state index contributed by atoms with van der Waals surface area (Å²) >= 11 is 0. The number of carbonyl (C=O) groups excluding carboxylic acids is 1. The highest BCUT2D eigenvalue weighted by atomic mass is 16.2. The molecule has 0 atom stereocenters. The zero-order chi connectivity index (χ0) is 13.9. The molecular weight excluding hydrogens is 238 g/mol. The van der Waals surface area contributed by atoms with Gasteiger partial charge in [0.1, 0.15) is 0 Å². The molecular formula is C15H23N3O. The van der Waals surface area contributed by atoms with Crippen molar-refractivity contribution in [3.63, 3.8) is 0 Å². The summed E-state index contributed by atoms with van der Waals surface area (Å²) in [6, 6.07) is 7.23. The number of hydrogen-bond donors (Lipinski definition) is 2. The molecule has 0 aromatic heterocycles. The van der Waals surface area contributed by atoms with Crippen LogP contribution in [-0.4, -0.2) is 24.0 Å².